The van der Waals surface area contributed by atoms with Crippen molar-refractivity contribution in [2.45, 2.75) is 0 Å². The molecule has 0 radical (unpaired) electrons. The van der Waals surface area contributed by atoms with Crippen molar-refractivity contribution in [2.75, 3.05) is 20.0 Å². The molecule has 0 N–H and O–H groups in total. The monoisotopic (exact) mass is 737 g/mol. The third-order valence-corrected chi connectivity index (χ3v) is 14.4. The van der Waals surface area contributed by atoms with Crippen molar-refractivity contribution in [3.63, 3.8) is 0 Å². The van der Waals surface area contributed by atoms with E-state index in [0.717, 1.165) is 0 Å². The van der Waals surface area contributed by atoms with Gasteiger partial charge in [-0.2, -0.15) is 0 Å². The molecule has 0 fully saturated rings. The fourth-order valence-corrected chi connectivity index (χ4v) is 9.78. The van der Waals surface area contributed by atoms with Crippen LogP contribution in [-0.2, 0) is 23.5 Å². The summed E-state index contributed by atoms with van der Waals surface area (Å²) in [6.07, 6.45) is 0. The van der Waals surface area contributed by atoms with E-state index in [4.69, 9.17) is 4.79 Å². The molecule has 0 amide bonds. The Morgan fingerprint density at radius 2 is 0.444 bits per heavy atom. The summed E-state index contributed by atoms with van der Waals surface area (Å²) in [7, 11) is -1.63. The minimum atomic E-state index is -0.545. The van der Waals surface area contributed by atoms with E-state index in [1.807, 2.05) is 0 Å². The van der Waals surface area contributed by atoms with Crippen LogP contribution in [0.25, 0.3) is 0 Å². The van der Waals surface area contributed by atoms with Crippen LogP contribution in [0.2, 0.25) is 0 Å². The first-order chi connectivity index (χ1) is 22.0. The zero-order valence-electron chi connectivity index (χ0n) is 26.0. The van der Waals surface area contributed by atoms with E-state index in [-0.39, 0.29) is 0 Å². The van der Waals surface area contributed by atoms with Gasteiger partial charge >= 0.3 is 27.9 Å². The van der Waals surface area contributed by atoms with Crippen molar-refractivity contribution >= 4 is 59.9 Å². The third kappa shape index (κ3) is 13.0. The quantitative estimate of drug-likeness (QED) is 0.133. The molecular formula is C40H42OP3Pd+3. The summed E-state index contributed by atoms with van der Waals surface area (Å²) >= 11 is 2.14. The summed E-state index contributed by atoms with van der Waals surface area (Å²) in [5, 5.41) is 8.85. The van der Waals surface area contributed by atoms with Gasteiger partial charge in [0.2, 0.25) is 0 Å². The van der Waals surface area contributed by atoms with Gasteiger partial charge in [0.05, 0.1) is 75.6 Å². The predicted molar refractivity (Wildman–Crippen MR) is 205 cm³/mol. The van der Waals surface area contributed by atoms with Gasteiger partial charge in [-0.3, -0.25) is 0 Å². The van der Waals surface area contributed by atoms with Crippen LogP contribution in [-0.4, -0.2) is 24.3 Å². The van der Waals surface area contributed by atoms with E-state index in [0.29, 0.717) is 0 Å². The molecule has 0 atom stereocenters. The van der Waals surface area contributed by atoms with Crippen LogP contribution in [0, 0.1) is 0 Å². The summed E-state index contributed by atoms with van der Waals surface area (Å²) in [6, 6.07) is 64.5. The SMILES string of the molecule is C[PH+](c1ccccc1)c1ccccc1.C[PH+](c1ccccc1)c1ccccc1.C[PH+](c1ccccc1)c1ccccc1.O=[C]=[Pd]. The van der Waals surface area contributed by atoms with Gasteiger partial charge in [-0.15, -0.1) is 0 Å². The predicted octanol–water partition coefficient (Wildman–Crippen LogP) is 7.04. The van der Waals surface area contributed by atoms with E-state index in [1.165, 1.54) is 36.2 Å². The molecule has 0 bridgehead atoms. The first kappa shape index (κ1) is 36.3. The second kappa shape index (κ2) is 21.6. The summed E-state index contributed by atoms with van der Waals surface area (Å²) in [6.45, 7) is 7.03. The van der Waals surface area contributed by atoms with Crippen LogP contribution in [0.1, 0.15) is 0 Å². The normalized spacial score (nSPS) is 9.96. The van der Waals surface area contributed by atoms with Gasteiger partial charge in [-0.25, -0.2) is 0 Å². The van der Waals surface area contributed by atoms with Crippen LogP contribution >= 0.6 is 23.8 Å². The van der Waals surface area contributed by atoms with Crippen LogP contribution in [0.5, 0.6) is 0 Å². The second-order valence-electron chi connectivity index (χ2n) is 10.1. The van der Waals surface area contributed by atoms with E-state index in [1.54, 1.807) is 0 Å². The third-order valence-electron chi connectivity index (χ3n) is 7.24. The van der Waals surface area contributed by atoms with Crippen LogP contribution in [0.3, 0.4) is 0 Å². The van der Waals surface area contributed by atoms with Crippen molar-refractivity contribution in [1.29, 1.82) is 0 Å². The summed E-state index contributed by atoms with van der Waals surface area (Å²) in [4.78, 5) is 8.61. The first-order valence-corrected chi connectivity index (χ1v) is 21.6. The Bertz CT molecular complexity index is 1320. The van der Waals surface area contributed by atoms with Crippen molar-refractivity contribution in [1.82, 2.24) is 0 Å². The number of rotatable bonds is 6. The van der Waals surface area contributed by atoms with E-state index >= 15 is 0 Å². The van der Waals surface area contributed by atoms with Gasteiger partial charge in [-0.05, 0) is 72.8 Å². The fourth-order valence-electron chi connectivity index (χ4n) is 4.63. The molecule has 0 aliphatic rings. The molecular weight excluding hydrogens is 696 g/mol. The van der Waals surface area contributed by atoms with Gasteiger partial charge < -0.3 is 0 Å². The molecule has 6 aromatic carbocycles. The fraction of sp³-hybridized carbons (Fsp3) is 0.0750. The summed E-state index contributed by atoms with van der Waals surface area (Å²) in [5.74, 6) is 0. The molecule has 0 spiro atoms. The molecule has 0 heterocycles. The summed E-state index contributed by atoms with van der Waals surface area (Å²) < 4.78 is 1.35. The molecule has 45 heavy (non-hydrogen) atoms. The second-order valence-corrected chi connectivity index (χ2v) is 17.7. The van der Waals surface area contributed by atoms with Crippen molar-refractivity contribution in [3.8, 4) is 0 Å². The number of benzene rings is 6. The summed E-state index contributed by atoms with van der Waals surface area (Å²) in [5.41, 5.74) is 0. The van der Waals surface area contributed by atoms with Gasteiger partial charge in [-0.1, -0.05) is 109 Å². The molecule has 0 aromatic heterocycles. The molecule has 6 rings (SSSR count). The Morgan fingerprint density at radius 1 is 0.333 bits per heavy atom. The first-order valence-electron chi connectivity index (χ1n) is 14.8. The molecule has 0 saturated carbocycles. The van der Waals surface area contributed by atoms with Crippen LogP contribution in [0.15, 0.2) is 182 Å². The van der Waals surface area contributed by atoms with Gasteiger partial charge in [0.25, 0.3) is 0 Å². The van der Waals surface area contributed by atoms with Gasteiger partial charge in [0, 0.05) is 0 Å². The maximum atomic E-state index is 8.61. The Kier molecular flexibility index (Phi) is 17.4. The van der Waals surface area contributed by atoms with Crippen molar-refractivity contribution in [3.05, 3.63) is 182 Å². The Hall–Kier alpha value is -3.15. The number of hydrogen-bond donors (Lipinski definition) is 0. The zero-order valence-corrected chi connectivity index (χ0v) is 30.6. The standard InChI is InChI=1S/3C13H13P.CO.Pd/c3*1-14(12-8-4-2-5-9-12)13-10-6-3-7-11-13;1-2;/h3*2-11H,1H3;;/p+3. The molecule has 230 valence electrons. The van der Waals surface area contributed by atoms with Crippen molar-refractivity contribution < 1.29 is 23.5 Å². The van der Waals surface area contributed by atoms with E-state index < -0.39 is 23.8 Å². The van der Waals surface area contributed by atoms with Crippen molar-refractivity contribution in [2.24, 2.45) is 0 Å². The topological polar surface area (TPSA) is 17.1 Å². The molecule has 5 heteroatoms. The zero-order chi connectivity index (χ0) is 32.1. The molecule has 0 saturated heterocycles. The molecule has 0 aliphatic heterocycles. The number of hydrogen-bond acceptors (Lipinski definition) is 1. The van der Waals surface area contributed by atoms with Gasteiger partial charge in [0.15, 0.2) is 0 Å². The Balaban J connectivity index is 0.000000176. The Morgan fingerprint density at radius 3 is 0.556 bits per heavy atom. The molecule has 6 aromatic rings. The number of carbonyl (C=O) groups excluding carboxylic acids is 1. The van der Waals surface area contributed by atoms with Crippen LogP contribution in [0.4, 0.5) is 0 Å². The van der Waals surface area contributed by atoms with Crippen LogP contribution < -0.4 is 31.8 Å². The van der Waals surface area contributed by atoms with E-state index in [2.05, 4.69) is 221 Å². The van der Waals surface area contributed by atoms with Gasteiger partial charge in [0.1, 0.15) is 0 Å². The molecule has 1 nitrogen and oxygen atoms in total. The minimum absolute atomic E-state index is 0.545. The molecule has 0 aliphatic carbocycles. The van der Waals surface area contributed by atoms with E-state index in [9.17, 15) is 0 Å². The average Bonchev–Trinajstić information content (AvgIpc) is 3.14. The Labute approximate surface area is 284 Å². The average molecular weight is 738 g/mol. The maximum absolute atomic E-state index is 8.61. The molecule has 0 unspecified atom stereocenters.